The second kappa shape index (κ2) is 5.09. The molecule has 6 nitrogen and oxygen atoms in total. The van der Waals surface area contributed by atoms with Gasteiger partial charge in [-0.05, 0) is 20.3 Å². The molecule has 0 N–H and O–H groups in total. The molecule has 2 fully saturated rings. The number of hydrogen-bond acceptors (Lipinski definition) is 6. The van der Waals surface area contributed by atoms with Crippen LogP contribution in [0.5, 0.6) is 0 Å². The van der Waals surface area contributed by atoms with E-state index in [0.717, 1.165) is 0 Å². The van der Waals surface area contributed by atoms with E-state index in [1.54, 1.807) is 0 Å². The van der Waals surface area contributed by atoms with Gasteiger partial charge in [-0.2, -0.15) is 0 Å². The molecule has 1 unspecified atom stereocenters. The topological polar surface area (TPSA) is 71.1 Å². The summed E-state index contributed by atoms with van der Waals surface area (Å²) in [5, 5.41) is 0. The molecule has 1 saturated carbocycles. The average molecular weight is 272 g/mol. The van der Waals surface area contributed by atoms with Gasteiger partial charge in [0.05, 0.1) is 19.1 Å². The third-order valence-electron chi connectivity index (χ3n) is 3.47. The minimum atomic E-state index is -0.723. The molecular weight excluding hydrogens is 252 g/mol. The van der Waals surface area contributed by atoms with Gasteiger partial charge in [-0.1, -0.05) is 0 Å². The van der Waals surface area contributed by atoms with Crippen molar-refractivity contribution in [3.05, 3.63) is 0 Å². The minimum absolute atomic E-state index is 0.253. The summed E-state index contributed by atoms with van der Waals surface area (Å²) in [4.78, 5) is 22.9. The van der Waals surface area contributed by atoms with Crippen molar-refractivity contribution < 1.29 is 28.5 Å². The quantitative estimate of drug-likeness (QED) is 0.699. The molecule has 0 aromatic carbocycles. The molecule has 2 aliphatic rings. The van der Waals surface area contributed by atoms with E-state index in [9.17, 15) is 9.59 Å². The number of fused-ring (bicyclic) bond motifs is 1. The third-order valence-corrected chi connectivity index (χ3v) is 3.47. The van der Waals surface area contributed by atoms with Gasteiger partial charge >= 0.3 is 11.9 Å². The molecule has 6 heteroatoms. The lowest BCUT2D eigenvalue weighted by atomic mass is 9.83. The minimum Gasteiger partial charge on any atom is -0.469 e. The van der Waals surface area contributed by atoms with E-state index < -0.39 is 11.9 Å². The zero-order chi connectivity index (χ0) is 14.2. The van der Waals surface area contributed by atoms with Crippen LogP contribution >= 0.6 is 0 Å². The number of ether oxygens (including phenoxy) is 4. The first-order chi connectivity index (χ1) is 8.82. The van der Waals surface area contributed by atoms with Gasteiger partial charge in [0, 0.05) is 13.3 Å². The highest BCUT2D eigenvalue weighted by Crippen LogP contribution is 2.40. The van der Waals surface area contributed by atoms with Gasteiger partial charge in [0.25, 0.3) is 0 Å². The first kappa shape index (κ1) is 14.3. The fourth-order valence-corrected chi connectivity index (χ4v) is 2.84. The first-order valence-corrected chi connectivity index (χ1v) is 6.43. The summed E-state index contributed by atoms with van der Waals surface area (Å²) in [5.74, 6) is -1.74. The molecule has 0 amide bonds. The van der Waals surface area contributed by atoms with Gasteiger partial charge in [-0.15, -0.1) is 0 Å². The second-order valence-corrected chi connectivity index (χ2v) is 5.48. The zero-order valence-electron chi connectivity index (χ0n) is 11.7. The standard InChI is InChI=1S/C13H20O6/c1-7(14)17-9-5-8(12(15)16-4)6-10-11(9)19-13(2,3)18-10/h8-11H,5-6H2,1-4H3/t8?,9-,10-,11+/m1/s1. The Balaban J connectivity index is 2.15. The Bertz CT molecular complexity index is 377. The van der Waals surface area contributed by atoms with Gasteiger partial charge < -0.3 is 18.9 Å². The van der Waals surface area contributed by atoms with Crippen molar-refractivity contribution in [3.63, 3.8) is 0 Å². The highest BCUT2D eigenvalue weighted by molar-refractivity contribution is 5.72. The smallest absolute Gasteiger partial charge is 0.308 e. The average Bonchev–Trinajstić information content (AvgIpc) is 2.61. The fraction of sp³-hybridized carbons (Fsp3) is 0.846. The van der Waals surface area contributed by atoms with Crippen molar-refractivity contribution in [1.82, 2.24) is 0 Å². The van der Waals surface area contributed by atoms with Gasteiger partial charge in [0.1, 0.15) is 12.2 Å². The van der Waals surface area contributed by atoms with Crippen LogP contribution in [0.2, 0.25) is 0 Å². The van der Waals surface area contributed by atoms with Gasteiger partial charge in [0.15, 0.2) is 5.79 Å². The summed E-state index contributed by atoms with van der Waals surface area (Å²) < 4.78 is 21.6. The van der Waals surface area contributed by atoms with Crippen LogP contribution in [0.1, 0.15) is 33.6 Å². The van der Waals surface area contributed by atoms with Crippen LogP contribution in [-0.4, -0.2) is 43.1 Å². The summed E-state index contributed by atoms with van der Waals surface area (Å²) in [6.45, 7) is 4.96. The number of methoxy groups -OCH3 is 1. The maximum atomic E-state index is 11.7. The van der Waals surface area contributed by atoms with Crippen molar-refractivity contribution in [2.45, 2.75) is 57.7 Å². The summed E-state index contributed by atoms with van der Waals surface area (Å²) in [6.07, 6.45) is -0.107. The first-order valence-electron chi connectivity index (χ1n) is 6.43. The summed E-state index contributed by atoms with van der Waals surface area (Å²) in [6, 6.07) is 0. The Kier molecular flexibility index (Phi) is 3.82. The molecule has 0 radical (unpaired) electrons. The molecule has 1 aliphatic heterocycles. The predicted molar refractivity (Wildman–Crippen MR) is 64.1 cm³/mol. The van der Waals surface area contributed by atoms with E-state index in [4.69, 9.17) is 18.9 Å². The Hall–Kier alpha value is -1.14. The Morgan fingerprint density at radius 1 is 1.21 bits per heavy atom. The van der Waals surface area contributed by atoms with Crippen LogP contribution in [-0.2, 0) is 28.5 Å². The monoisotopic (exact) mass is 272 g/mol. The molecule has 0 aromatic rings. The van der Waals surface area contributed by atoms with Gasteiger partial charge in [-0.3, -0.25) is 9.59 Å². The van der Waals surface area contributed by atoms with Crippen molar-refractivity contribution in [1.29, 1.82) is 0 Å². The van der Waals surface area contributed by atoms with Crippen LogP contribution in [0.15, 0.2) is 0 Å². The molecule has 4 atom stereocenters. The number of hydrogen-bond donors (Lipinski definition) is 0. The second-order valence-electron chi connectivity index (χ2n) is 5.48. The number of carbonyl (C=O) groups is 2. The molecule has 0 bridgehead atoms. The van der Waals surface area contributed by atoms with Crippen LogP contribution < -0.4 is 0 Å². The fourth-order valence-electron chi connectivity index (χ4n) is 2.84. The van der Waals surface area contributed by atoms with Crippen molar-refractivity contribution in [2.75, 3.05) is 7.11 Å². The molecule has 1 aliphatic carbocycles. The molecule has 108 valence electrons. The molecular formula is C13H20O6. The van der Waals surface area contributed by atoms with E-state index in [0.29, 0.717) is 12.8 Å². The Morgan fingerprint density at radius 2 is 1.89 bits per heavy atom. The Labute approximate surface area is 112 Å². The molecule has 2 rings (SSSR count). The lowest BCUT2D eigenvalue weighted by molar-refractivity contribution is -0.171. The lowest BCUT2D eigenvalue weighted by Crippen LogP contribution is -2.46. The number of carbonyl (C=O) groups excluding carboxylic acids is 2. The van der Waals surface area contributed by atoms with E-state index in [1.807, 2.05) is 13.8 Å². The normalized spacial score (nSPS) is 36.4. The van der Waals surface area contributed by atoms with E-state index in [2.05, 4.69) is 0 Å². The predicted octanol–water partition coefficient (Wildman–Crippen LogP) is 1.02. The number of rotatable bonds is 2. The van der Waals surface area contributed by atoms with Crippen LogP contribution in [0.25, 0.3) is 0 Å². The van der Waals surface area contributed by atoms with Crippen molar-refractivity contribution in [3.8, 4) is 0 Å². The SMILES string of the molecule is COC(=O)C1C[C@@H](OC(C)=O)[C@@H]2OC(C)(C)O[C@@H]2C1. The maximum Gasteiger partial charge on any atom is 0.308 e. The van der Waals surface area contributed by atoms with E-state index >= 15 is 0 Å². The highest BCUT2D eigenvalue weighted by Gasteiger charge is 2.52. The summed E-state index contributed by atoms with van der Waals surface area (Å²) >= 11 is 0. The molecule has 1 heterocycles. The maximum absolute atomic E-state index is 11.7. The van der Waals surface area contributed by atoms with Crippen LogP contribution in [0.3, 0.4) is 0 Å². The van der Waals surface area contributed by atoms with Crippen LogP contribution in [0.4, 0.5) is 0 Å². The molecule has 0 aromatic heterocycles. The van der Waals surface area contributed by atoms with Gasteiger partial charge in [-0.25, -0.2) is 0 Å². The third kappa shape index (κ3) is 3.06. The van der Waals surface area contributed by atoms with Crippen molar-refractivity contribution in [2.24, 2.45) is 5.92 Å². The number of esters is 2. The summed E-state index contributed by atoms with van der Waals surface area (Å²) in [7, 11) is 1.35. The largest absolute Gasteiger partial charge is 0.469 e. The molecule has 1 saturated heterocycles. The Morgan fingerprint density at radius 3 is 2.47 bits per heavy atom. The zero-order valence-corrected chi connectivity index (χ0v) is 11.7. The van der Waals surface area contributed by atoms with E-state index in [-0.39, 0.29) is 30.1 Å². The summed E-state index contributed by atoms with van der Waals surface area (Å²) in [5.41, 5.74) is 0. The van der Waals surface area contributed by atoms with Gasteiger partial charge in [0.2, 0.25) is 0 Å². The molecule has 0 spiro atoms. The molecule has 19 heavy (non-hydrogen) atoms. The lowest BCUT2D eigenvalue weighted by Gasteiger charge is -2.34. The van der Waals surface area contributed by atoms with E-state index in [1.165, 1.54) is 14.0 Å². The van der Waals surface area contributed by atoms with Crippen molar-refractivity contribution >= 4 is 11.9 Å². The van der Waals surface area contributed by atoms with Crippen LogP contribution in [0, 0.1) is 5.92 Å². The highest BCUT2D eigenvalue weighted by atomic mass is 16.8.